The summed E-state index contributed by atoms with van der Waals surface area (Å²) >= 11 is 0. The third-order valence-corrected chi connectivity index (χ3v) is 1.70. The van der Waals surface area contributed by atoms with Crippen molar-refractivity contribution in [2.75, 3.05) is 19.0 Å². The zero-order chi connectivity index (χ0) is 9.14. The molecule has 0 saturated carbocycles. The van der Waals surface area contributed by atoms with E-state index >= 15 is 0 Å². The Morgan fingerprint density at radius 2 is 1.75 bits per heavy atom. The van der Waals surface area contributed by atoms with E-state index in [1.54, 1.807) is 12.1 Å². The number of nitrogens with zero attached hydrogens (tertiary/aromatic N) is 1. The fraction of sp³-hybridized carbons (Fsp3) is 0.200. The average Bonchev–Trinajstić information content (AvgIpc) is 2.04. The number of anilines is 1. The molecule has 0 heterocycles. The quantitative estimate of drug-likeness (QED) is 0.651. The second kappa shape index (κ2) is 3.39. The van der Waals surface area contributed by atoms with Crippen LogP contribution in [0.3, 0.4) is 0 Å². The first-order valence-electron chi connectivity index (χ1n) is 3.73. The van der Waals surface area contributed by atoms with E-state index in [0.29, 0.717) is 5.56 Å². The molecular weight excluding hydrogens is 153 g/mol. The van der Waals surface area contributed by atoms with Crippen molar-refractivity contribution in [1.82, 2.24) is 0 Å². The molecule has 0 spiro atoms. The van der Waals surface area contributed by atoms with Crippen LogP contribution in [0.1, 0.15) is 5.56 Å². The summed E-state index contributed by atoms with van der Waals surface area (Å²) < 4.78 is 12.6. The fourth-order valence-electron chi connectivity index (χ4n) is 0.940. The highest BCUT2D eigenvalue weighted by Crippen LogP contribution is 2.17. The van der Waals surface area contributed by atoms with Gasteiger partial charge in [-0.05, 0) is 12.1 Å². The molecule has 0 fully saturated rings. The van der Waals surface area contributed by atoms with E-state index in [2.05, 4.69) is 6.58 Å². The third kappa shape index (κ3) is 1.84. The van der Waals surface area contributed by atoms with Gasteiger partial charge >= 0.3 is 0 Å². The predicted octanol–water partition coefficient (Wildman–Crippen LogP) is 2.69. The van der Waals surface area contributed by atoms with Crippen LogP contribution in [0, 0.1) is 0 Å². The maximum absolute atomic E-state index is 12.6. The molecular formula is C10H12FN. The lowest BCUT2D eigenvalue weighted by Crippen LogP contribution is -2.07. The number of hydrogen-bond donors (Lipinski definition) is 0. The standard InChI is InChI=1S/C10H12FN/c1-8(11)9-4-6-10(7-5-9)12(2)3/h4-7H,1H2,2-3H3. The van der Waals surface area contributed by atoms with Crippen LogP contribution in [0.4, 0.5) is 10.1 Å². The van der Waals surface area contributed by atoms with Crippen LogP contribution in [0.5, 0.6) is 0 Å². The van der Waals surface area contributed by atoms with Crippen LogP contribution in [0.25, 0.3) is 5.83 Å². The molecule has 12 heavy (non-hydrogen) atoms. The first-order valence-corrected chi connectivity index (χ1v) is 3.73. The maximum Gasteiger partial charge on any atom is 0.123 e. The van der Waals surface area contributed by atoms with Gasteiger partial charge in [-0.2, -0.15) is 0 Å². The molecule has 0 radical (unpaired) electrons. The van der Waals surface area contributed by atoms with E-state index in [4.69, 9.17) is 0 Å². The van der Waals surface area contributed by atoms with Gasteiger partial charge in [-0.1, -0.05) is 18.7 Å². The first kappa shape index (κ1) is 8.78. The summed E-state index contributed by atoms with van der Waals surface area (Å²) in [6.07, 6.45) is 0. The van der Waals surface area contributed by atoms with Crippen molar-refractivity contribution in [3.8, 4) is 0 Å². The third-order valence-electron chi connectivity index (χ3n) is 1.70. The van der Waals surface area contributed by atoms with Crippen LogP contribution in [0.2, 0.25) is 0 Å². The Balaban J connectivity index is 2.93. The molecule has 2 heteroatoms. The summed E-state index contributed by atoms with van der Waals surface area (Å²) in [5.41, 5.74) is 1.60. The molecule has 0 aliphatic carbocycles. The SMILES string of the molecule is C=C(F)c1ccc(N(C)C)cc1. The summed E-state index contributed by atoms with van der Waals surface area (Å²) in [5.74, 6) is -0.389. The lowest BCUT2D eigenvalue weighted by molar-refractivity contribution is 0.763. The molecule has 0 aromatic heterocycles. The Labute approximate surface area is 72.1 Å². The Bertz CT molecular complexity index is 274. The summed E-state index contributed by atoms with van der Waals surface area (Å²) in [6.45, 7) is 3.22. The van der Waals surface area contributed by atoms with Crippen molar-refractivity contribution in [3.05, 3.63) is 36.4 Å². The van der Waals surface area contributed by atoms with Crippen molar-refractivity contribution in [3.63, 3.8) is 0 Å². The molecule has 1 aromatic carbocycles. The molecule has 0 bridgehead atoms. The highest BCUT2D eigenvalue weighted by atomic mass is 19.1. The molecule has 0 saturated heterocycles. The molecule has 1 rings (SSSR count). The summed E-state index contributed by atoms with van der Waals surface area (Å²) in [4.78, 5) is 1.96. The minimum absolute atomic E-state index is 0.389. The summed E-state index contributed by atoms with van der Waals surface area (Å²) in [7, 11) is 3.89. The van der Waals surface area contributed by atoms with Gasteiger partial charge in [0.2, 0.25) is 0 Å². The van der Waals surface area contributed by atoms with E-state index in [0.717, 1.165) is 5.69 Å². The Hall–Kier alpha value is -1.31. The molecule has 0 aliphatic rings. The van der Waals surface area contributed by atoms with Crippen LogP contribution in [-0.4, -0.2) is 14.1 Å². The highest BCUT2D eigenvalue weighted by molar-refractivity contribution is 5.60. The van der Waals surface area contributed by atoms with Crippen molar-refractivity contribution >= 4 is 11.5 Å². The zero-order valence-electron chi connectivity index (χ0n) is 7.34. The number of halogens is 1. The maximum atomic E-state index is 12.6. The van der Waals surface area contributed by atoms with Gasteiger partial charge in [0, 0.05) is 25.3 Å². The molecule has 64 valence electrons. The summed E-state index contributed by atoms with van der Waals surface area (Å²) in [5, 5.41) is 0. The fourth-order valence-corrected chi connectivity index (χ4v) is 0.940. The van der Waals surface area contributed by atoms with Gasteiger partial charge in [0.25, 0.3) is 0 Å². The van der Waals surface area contributed by atoms with Crippen LogP contribution < -0.4 is 4.90 Å². The monoisotopic (exact) mass is 165 g/mol. The minimum atomic E-state index is -0.389. The minimum Gasteiger partial charge on any atom is -0.378 e. The number of benzene rings is 1. The van der Waals surface area contributed by atoms with Crippen molar-refractivity contribution < 1.29 is 4.39 Å². The second-order valence-electron chi connectivity index (χ2n) is 2.85. The summed E-state index contributed by atoms with van der Waals surface area (Å²) in [6, 6.07) is 7.16. The highest BCUT2D eigenvalue weighted by Gasteiger charge is 1.97. The van der Waals surface area contributed by atoms with Gasteiger partial charge in [0.1, 0.15) is 5.83 Å². The molecule has 0 amide bonds. The van der Waals surface area contributed by atoms with Crippen molar-refractivity contribution in [2.45, 2.75) is 0 Å². The predicted molar refractivity (Wildman–Crippen MR) is 50.9 cm³/mol. The average molecular weight is 165 g/mol. The molecule has 0 atom stereocenters. The van der Waals surface area contributed by atoms with Gasteiger partial charge in [-0.15, -0.1) is 0 Å². The van der Waals surface area contributed by atoms with Crippen LogP contribution in [-0.2, 0) is 0 Å². The number of rotatable bonds is 2. The van der Waals surface area contributed by atoms with Gasteiger partial charge < -0.3 is 4.90 Å². The van der Waals surface area contributed by atoms with E-state index in [1.807, 2.05) is 31.1 Å². The number of hydrogen-bond acceptors (Lipinski definition) is 1. The Morgan fingerprint density at radius 3 is 2.08 bits per heavy atom. The van der Waals surface area contributed by atoms with Crippen molar-refractivity contribution in [2.24, 2.45) is 0 Å². The van der Waals surface area contributed by atoms with E-state index < -0.39 is 0 Å². The molecule has 0 N–H and O–H groups in total. The Kier molecular flexibility index (Phi) is 2.48. The molecule has 0 aliphatic heterocycles. The van der Waals surface area contributed by atoms with E-state index in [-0.39, 0.29) is 5.83 Å². The molecule has 0 unspecified atom stereocenters. The van der Waals surface area contributed by atoms with Gasteiger partial charge in [0.05, 0.1) is 0 Å². The normalized spacial score (nSPS) is 9.58. The van der Waals surface area contributed by atoms with E-state index in [9.17, 15) is 4.39 Å². The second-order valence-corrected chi connectivity index (χ2v) is 2.85. The topological polar surface area (TPSA) is 3.24 Å². The van der Waals surface area contributed by atoms with Gasteiger partial charge in [-0.3, -0.25) is 0 Å². The molecule has 1 aromatic rings. The first-order chi connectivity index (χ1) is 5.61. The van der Waals surface area contributed by atoms with E-state index in [1.165, 1.54) is 0 Å². The van der Waals surface area contributed by atoms with Crippen molar-refractivity contribution in [1.29, 1.82) is 0 Å². The van der Waals surface area contributed by atoms with Crippen LogP contribution in [0.15, 0.2) is 30.8 Å². The van der Waals surface area contributed by atoms with Gasteiger partial charge in [-0.25, -0.2) is 4.39 Å². The molecule has 1 nitrogen and oxygen atoms in total. The largest absolute Gasteiger partial charge is 0.378 e. The Morgan fingerprint density at radius 1 is 1.25 bits per heavy atom. The zero-order valence-corrected chi connectivity index (χ0v) is 7.34. The van der Waals surface area contributed by atoms with Gasteiger partial charge in [0.15, 0.2) is 0 Å². The lowest BCUT2D eigenvalue weighted by Gasteiger charge is -2.11. The van der Waals surface area contributed by atoms with Crippen LogP contribution >= 0.6 is 0 Å². The smallest absolute Gasteiger partial charge is 0.123 e. The lowest BCUT2D eigenvalue weighted by atomic mass is 10.2.